The highest BCUT2D eigenvalue weighted by Crippen LogP contribution is 2.36. The highest BCUT2D eigenvalue weighted by Gasteiger charge is 2.35. The van der Waals surface area contributed by atoms with Crippen LogP contribution in [0.3, 0.4) is 0 Å². The van der Waals surface area contributed by atoms with Crippen molar-refractivity contribution >= 4 is 17.7 Å². The topological polar surface area (TPSA) is 53.0 Å². The number of rotatable bonds is 8. The molecule has 2 unspecified atom stereocenters. The van der Waals surface area contributed by atoms with Crippen molar-refractivity contribution in [2.24, 2.45) is 0 Å². The van der Waals surface area contributed by atoms with Crippen molar-refractivity contribution in [1.82, 2.24) is 9.80 Å². The van der Waals surface area contributed by atoms with Gasteiger partial charge in [-0.25, -0.2) is 9.18 Å². The van der Waals surface area contributed by atoms with Crippen molar-refractivity contribution in [3.63, 3.8) is 0 Å². The number of hydrogen-bond donors (Lipinski definition) is 1. The number of halogens is 1. The van der Waals surface area contributed by atoms with Crippen LogP contribution in [-0.2, 0) is 16.1 Å². The van der Waals surface area contributed by atoms with Crippen LogP contribution >= 0.6 is 11.8 Å². The van der Waals surface area contributed by atoms with E-state index in [1.807, 2.05) is 33.0 Å². The summed E-state index contributed by atoms with van der Waals surface area (Å²) in [7, 11) is 2.01. The molecule has 2 atom stereocenters. The van der Waals surface area contributed by atoms with Gasteiger partial charge in [0.25, 0.3) is 0 Å². The Labute approximate surface area is 176 Å². The summed E-state index contributed by atoms with van der Waals surface area (Å²) in [6.07, 6.45) is 4.22. The Kier molecular flexibility index (Phi) is 7.24. The van der Waals surface area contributed by atoms with Gasteiger partial charge < -0.3 is 19.6 Å². The van der Waals surface area contributed by atoms with Gasteiger partial charge in [-0.15, -0.1) is 11.8 Å². The van der Waals surface area contributed by atoms with Crippen LogP contribution in [0.15, 0.2) is 47.3 Å². The molecule has 2 heterocycles. The van der Waals surface area contributed by atoms with E-state index in [0.717, 1.165) is 48.7 Å². The molecule has 2 aliphatic rings. The molecule has 0 radical (unpaired) electrons. The zero-order valence-corrected chi connectivity index (χ0v) is 18.0. The number of aliphatic carboxylic acids is 1. The van der Waals surface area contributed by atoms with E-state index in [4.69, 9.17) is 4.74 Å². The Morgan fingerprint density at radius 3 is 2.86 bits per heavy atom. The predicted octanol–water partition coefficient (Wildman–Crippen LogP) is 4.07. The average molecular weight is 421 g/mol. The lowest BCUT2D eigenvalue weighted by Crippen LogP contribution is -2.45. The molecule has 0 amide bonds. The fraction of sp³-hybridized carbons (Fsp3) is 0.500. The minimum Gasteiger partial charge on any atom is -0.478 e. The molecule has 7 heteroatoms. The number of carbonyl (C=O) groups is 1. The van der Waals surface area contributed by atoms with Gasteiger partial charge in [0, 0.05) is 26.7 Å². The summed E-state index contributed by atoms with van der Waals surface area (Å²) in [5.41, 5.74) is 1.96. The molecule has 0 saturated carbocycles. The molecule has 2 aliphatic heterocycles. The van der Waals surface area contributed by atoms with Gasteiger partial charge in [-0.05, 0) is 54.9 Å². The van der Waals surface area contributed by atoms with E-state index in [1.54, 1.807) is 17.8 Å². The zero-order chi connectivity index (χ0) is 21.0. The van der Waals surface area contributed by atoms with Crippen LogP contribution in [0.5, 0.6) is 0 Å². The summed E-state index contributed by atoms with van der Waals surface area (Å²) in [5, 5.41) is 9.53. The molecule has 5 nitrogen and oxygen atoms in total. The van der Waals surface area contributed by atoms with Crippen LogP contribution in [0.4, 0.5) is 4.39 Å². The minimum absolute atomic E-state index is 0.180. The number of allylic oxidation sites excluding steroid dienone is 2. The molecule has 1 N–H and O–H groups in total. The number of carboxylic acids is 1. The number of benzene rings is 1. The molecule has 1 saturated heterocycles. The van der Waals surface area contributed by atoms with Crippen molar-refractivity contribution in [1.29, 1.82) is 0 Å². The first-order valence-electron chi connectivity index (χ1n) is 10.0. The second kappa shape index (κ2) is 9.67. The number of ether oxygens (including phenoxy) is 1. The molecule has 0 aromatic heterocycles. The smallest absolute Gasteiger partial charge is 0.334 e. The van der Waals surface area contributed by atoms with Crippen LogP contribution in [0.25, 0.3) is 0 Å². The lowest BCUT2D eigenvalue weighted by Gasteiger charge is -2.42. The average Bonchev–Trinajstić information content (AvgIpc) is 3.16. The van der Waals surface area contributed by atoms with Gasteiger partial charge in [0.15, 0.2) is 0 Å². The SMILES string of the molecule is CCSC1C(C(=O)O)=C(C)C=C(N(C)CC2CCCO2)N1Cc1cccc(F)c1. The number of thioether (sulfide) groups is 1. The van der Waals surface area contributed by atoms with Gasteiger partial charge in [-0.3, -0.25) is 0 Å². The molecule has 3 rings (SSSR count). The highest BCUT2D eigenvalue weighted by molar-refractivity contribution is 8.00. The van der Waals surface area contributed by atoms with Gasteiger partial charge in [0.05, 0.1) is 11.7 Å². The second-order valence-electron chi connectivity index (χ2n) is 7.49. The molecule has 0 aliphatic carbocycles. The summed E-state index contributed by atoms with van der Waals surface area (Å²) in [6.45, 7) is 5.84. The Bertz CT molecular complexity index is 805. The van der Waals surface area contributed by atoms with Crippen molar-refractivity contribution in [3.8, 4) is 0 Å². The van der Waals surface area contributed by atoms with E-state index in [9.17, 15) is 14.3 Å². The summed E-state index contributed by atoms with van der Waals surface area (Å²) in [4.78, 5) is 16.3. The number of carboxylic acid groups (broad SMARTS) is 1. The number of hydrogen-bond acceptors (Lipinski definition) is 5. The Hall–Kier alpha value is -1.99. The fourth-order valence-electron chi connectivity index (χ4n) is 3.94. The Morgan fingerprint density at radius 2 is 2.24 bits per heavy atom. The first kappa shape index (κ1) is 21.7. The molecule has 0 spiro atoms. The number of nitrogens with zero attached hydrogens (tertiary/aromatic N) is 2. The van der Waals surface area contributed by atoms with E-state index < -0.39 is 5.97 Å². The molecular weight excluding hydrogens is 391 g/mol. The number of likely N-dealkylation sites (N-methyl/N-ethyl adjacent to an activating group) is 1. The normalized spacial score (nSPS) is 22.1. The van der Waals surface area contributed by atoms with Gasteiger partial charge in [0.1, 0.15) is 17.0 Å². The standard InChI is InChI=1S/C22H29FN2O3S/c1-4-29-21-20(22(26)27)15(2)11-19(24(3)14-18-9-6-10-28-18)25(21)13-16-7-5-8-17(23)12-16/h5,7-8,11-12,18,21H,4,6,9-10,13-14H2,1-3H3,(H,26,27). The largest absolute Gasteiger partial charge is 0.478 e. The molecule has 0 bridgehead atoms. The molecule has 1 aromatic carbocycles. The summed E-state index contributed by atoms with van der Waals surface area (Å²) < 4.78 is 19.6. The van der Waals surface area contributed by atoms with Crippen molar-refractivity contribution in [2.45, 2.75) is 44.7 Å². The summed E-state index contributed by atoms with van der Waals surface area (Å²) in [5.74, 6) is 0.521. The lowest BCUT2D eigenvalue weighted by molar-refractivity contribution is -0.133. The van der Waals surface area contributed by atoms with Gasteiger partial charge >= 0.3 is 5.97 Å². The third kappa shape index (κ3) is 5.14. The maximum absolute atomic E-state index is 13.8. The Morgan fingerprint density at radius 1 is 1.45 bits per heavy atom. The van der Waals surface area contributed by atoms with Crippen molar-refractivity contribution in [3.05, 3.63) is 58.7 Å². The van der Waals surface area contributed by atoms with Gasteiger partial charge in [-0.2, -0.15) is 0 Å². The highest BCUT2D eigenvalue weighted by atomic mass is 32.2. The molecule has 29 heavy (non-hydrogen) atoms. The third-order valence-corrected chi connectivity index (χ3v) is 6.42. The third-order valence-electron chi connectivity index (χ3n) is 5.28. The first-order valence-corrected chi connectivity index (χ1v) is 11.1. The fourth-order valence-corrected chi connectivity index (χ4v) is 5.07. The van der Waals surface area contributed by atoms with E-state index in [-0.39, 0.29) is 17.3 Å². The zero-order valence-electron chi connectivity index (χ0n) is 17.2. The van der Waals surface area contributed by atoms with E-state index >= 15 is 0 Å². The monoisotopic (exact) mass is 420 g/mol. The lowest BCUT2D eigenvalue weighted by atomic mass is 10.0. The van der Waals surface area contributed by atoms with Crippen LogP contribution in [0, 0.1) is 5.82 Å². The first-order chi connectivity index (χ1) is 13.9. The molecule has 158 valence electrons. The minimum atomic E-state index is -0.908. The second-order valence-corrected chi connectivity index (χ2v) is 8.84. The molecular formula is C22H29FN2O3S. The van der Waals surface area contributed by atoms with Crippen LogP contribution in [0.2, 0.25) is 0 Å². The maximum atomic E-state index is 13.8. The van der Waals surface area contributed by atoms with Gasteiger partial charge in [-0.1, -0.05) is 19.1 Å². The van der Waals surface area contributed by atoms with Crippen molar-refractivity contribution < 1.29 is 19.0 Å². The molecule has 1 fully saturated rings. The van der Waals surface area contributed by atoms with Crippen molar-refractivity contribution in [2.75, 3.05) is 26.0 Å². The summed E-state index contributed by atoms with van der Waals surface area (Å²) in [6, 6.07) is 6.50. The predicted molar refractivity (Wildman–Crippen MR) is 114 cm³/mol. The maximum Gasteiger partial charge on any atom is 0.334 e. The quantitative estimate of drug-likeness (QED) is 0.684. The van der Waals surface area contributed by atoms with Crippen LogP contribution in [0.1, 0.15) is 32.3 Å². The van der Waals surface area contributed by atoms with E-state index in [2.05, 4.69) is 9.80 Å². The summed E-state index contributed by atoms with van der Waals surface area (Å²) >= 11 is 1.58. The van der Waals surface area contributed by atoms with Crippen LogP contribution < -0.4 is 0 Å². The Balaban J connectivity index is 1.96. The van der Waals surface area contributed by atoms with E-state index in [0.29, 0.717) is 12.1 Å². The van der Waals surface area contributed by atoms with Crippen LogP contribution in [-0.4, -0.2) is 58.3 Å². The van der Waals surface area contributed by atoms with Gasteiger partial charge in [0.2, 0.25) is 0 Å². The van der Waals surface area contributed by atoms with E-state index in [1.165, 1.54) is 12.1 Å². The molecule has 1 aromatic rings.